The van der Waals surface area contributed by atoms with Gasteiger partial charge in [-0.3, -0.25) is 14.4 Å². The molecule has 0 saturated carbocycles. The Morgan fingerprint density at radius 2 is 1.96 bits per heavy atom. The van der Waals surface area contributed by atoms with Crippen LogP contribution in [0.5, 0.6) is 0 Å². The molecule has 7 heteroatoms. The summed E-state index contributed by atoms with van der Waals surface area (Å²) in [5.74, 6) is -1.63. The SMILES string of the molecule is Cc1ccc(C(=O)NCCC(=O)O)c(NC(=O)CCC(C)N)c1. The van der Waals surface area contributed by atoms with E-state index < -0.39 is 11.9 Å². The first-order chi connectivity index (χ1) is 10.8. The summed E-state index contributed by atoms with van der Waals surface area (Å²) in [5, 5.41) is 13.8. The molecular weight excluding hydrogens is 298 g/mol. The van der Waals surface area contributed by atoms with E-state index in [1.54, 1.807) is 18.2 Å². The Labute approximate surface area is 135 Å². The largest absolute Gasteiger partial charge is 0.481 e. The molecule has 1 aromatic carbocycles. The molecule has 0 heterocycles. The zero-order valence-corrected chi connectivity index (χ0v) is 13.4. The van der Waals surface area contributed by atoms with E-state index in [4.69, 9.17) is 10.8 Å². The van der Waals surface area contributed by atoms with Gasteiger partial charge in [0.05, 0.1) is 17.7 Å². The lowest BCUT2D eigenvalue weighted by Crippen LogP contribution is -2.27. The maximum Gasteiger partial charge on any atom is 0.305 e. The second-order valence-electron chi connectivity index (χ2n) is 5.51. The molecule has 2 amide bonds. The second-order valence-corrected chi connectivity index (χ2v) is 5.51. The number of carboxylic acids is 1. The van der Waals surface area contributed by atoms with Crippen molar-refractivity contribution in [1.82, 2.24) is 5.32 Å². The summed E-state index contributed by atoms with van der Waals surface area (Å²) in [6, 6.07) is 4.99. The van der Waals surface area contributed by atoms with Crippen molar-refractivity contribution < 1.29 is 19.5 Å². The van der Waals surface area contributed by atoms with Gasteiger partial charge in [0, 0.05) is 19.0 Å². The van der Waals surface area contributed by atoms with Crippen LogP contribution in [0.2, 0.25) is 0 Å². The molecule has 23 heavy (non-hydrogen) atoms. The normalized spacial score (nSPS) is 11.6. The Hall–Kier alpha value is -2.41. The van der Waals surface area contributed by atoms with Crippen molar-refractivity contribution in [1.29, 1.82) is 0 Å². The molecule has 0 bridgehead atoms. The number of carboxylic acid groups (broad SMARTS) is 1. The van der Waals surface area contributed by atoms with Gasteiger partial charge in [0.2, 0.25) is 5.91 Å². The Morgan fingerprint density at radius 1 is 1.26 bits per heavy atom. The average molecular weight is 321 g/mol. The van der Waals surface area contributed by atoms with Gasteiger partial charge < -0.3 is 21.5 Å². The first kappa shape index (κ1) is 18.6. The summed E-state index contributed by atoms with van der Waals surface area (Å²) in [7, 11) is 0. The van der Waals surface area contributed by atoms with Gasteiger partial charge >= 0.3 is 5.97 Å². The van der Waals surface area contributed by atoms with Crippen molar-refractivity contribution in [3.8, 4) is 0 Å². The predicted octanol–water partition coefficient (Wildman–Crippen LogP) is 1.27. The Kier molecular flexibility index (Phi) is 7.21. The van der Waals surface area contributed by atoms with Gasteiger partial charge in [0.1, 0.15) is 0 Å². The van der Waals surface area contributed by atoms with Crippen LogP contribution in [-0.2, 0) is 9.59 Å². The third-order valence-electron chi connectivity index (χ3n) is 3.14. The summed E-state index contributed by atoms with van der Waals surface area (Å²) in [6.45, 7) is 3.70. The van der Waals surface area contributed by atoms with Crippen LogP contribution in [0.4, 0.5) is 5.69 Å². The summed E-state index contributed by atoms with van der Waals surface area (Å²) in [6.07, 6.45) is 0.664. The molecule has 0 aliphatic rings. The molecule has 1 aromatic rings. The van der Waals surface area contributed by atoms with Crippen molar-refractivity contribution in [2.45, 2.75) is 39.2 Å². The topological polar surface area (TPSA) is 122 Å². The fraction of sp³-hybridized carbons (Fsp3) is 0.438. The highest BCUT2D eigenvalue weighted by atomic mass is 16.4. The van der Waals surface area contributed by atoms with Gasteiger partial charge in [-0.05, 0) is 38.0 Å². The van der Waals surface area contributed by atoms with Crippen LogP contribution >= 0.6 is 0 Å². The van der Waals surface area contributed by atoms with Crippen molar-refractivity contribution in [2.75, 3.05) is 11.9 Å². The van der Waals surface area contributed by atoms with E-state index in [2.05, 4.69) is 10.6 Å². The molecule has 5 N–H and O–H groups in total. The minimum Gasteiger partial charge on any atom is -0.481 e. The van der Waals surface area contributed by atoms with Crippen molar-refractivity contribution in [3.63, 3.8) is 0 Å². The predicted molar refractivity (Wildman–Crippen MR) is 87.3 cm³/mol. The van der Waals surface area contributed by atoms with E-state index >= 15 is 0 Å². The number of aryl methyl sites for hydroxylation is 1. The lowest BCUT2D eigenvalue weighted by atomic mass is 10.1. The lowest BCUT2D eigenvalue weighted by Gasteiger charge is -2.13. The number of benzene rings is 1. The Balaban J connectivity index is 2.77. The van der Waals surface area contributed by atoms with Crippen molar-refractivity contribution in [3.05, 3.63) is 29.3 Å². The van der Waals surface area contributed by atoms with E-state index in [-0.39, 0.29) is 31.3 Å². The van der Waals surface area contributed by atoms with Gasteiger partial charge in [0.15, 0.2) is 0 Å². The highest BCUT2D eigenvalue weighted by Crippen LogP contribution is 2.18. The first-order valence-corrected chi connectivity index (χ1v) is 7.45. The fourth-order valence-corrected chi connectivity index (χ4v) is 1.91. The standard InChI is InChI=1S/C16H23N3O4/c1-10-3-5-12(16(23)18-8-7-15(21)22)13(9-10)19-14(20)6-4-11(2)17/h3,5,9,11H,4,6-8,17H2,1-2H3,(H,18,23)(H,19,20)(H,21,22). The highest BCUT2D eigenvalue weighted by molar-refractivity contribution is 6.04. The number of carbonyl (C=O) groups is 3. The molecule has 0 aromatic heterocycles. The van der Waals surface area contributed by atoms with Crippen molar-refractivity contribution in [2.24, 2.45) is 5.73 Å². The number of amides is 2. The Morgan fingerprint density at radius 3 is 2.57 bits per heavy atom. The molecule has 1 rings (SSSR count). The number of nitrogens with one attached hydrogen (secondary N) is 2. The van der Waals surface area contributed by atoms with Gasteiger partial charge in [-0.25, -0.2) is 0 Å². The van der Waals surface area contributed by atoms with Crippen LogP contribution in [0.15, 0.2) is 18.2 Å². The molecule has 126 valence electrons. The second kappa shape index (κ2) is 8.89. The maximum absolute atomic E-state index is 12.1. The van der Waals surface area contributed by atoms with Crippen LogP contribution < -0.4 is 16.4 Å². The summed E-state index contributed by atoms with van der Waals surface area (Å²) < 4.78 is 0. The molecule has 1 atom stereocenters. The monoisotopic (exact) mass is 321 g/mol. The van der Waals surface area contributed by atoms with Crippen molar-refractivity contribution >= 4 is 23.5 Å². The Bertz CT molecular complexity index is 585. The molecule has 0 fully saturated rings. The maximum atomic E-state index is 12.1. The number of carbonyl (C=O) groups excluding carboxylic acids is 2. The molecule has 0 saturated heterocycles. The smallest absolute Gasteiger partial charge is 0.305 e. The molecule has 0 spiro atoms. The number of hydrogen-bond donors (Lipinski definition) is 4. The molecular formula is C16H23N3O4. The van der Waals surface area contributed by atoms with Crippen LogP contribution in [-0.4, -0.2) is 35.5 Å². The third-order valence-corrected chi connectivity index (χ3v) is 3.14. The molecule has 7 nitrogen and oxygen atoms in total. The third kappa shape index (κ3) is 6.92. The zero-order valence-electron chi connectivity index (χ0n) is 13.4. The van der Waals surface area contributed by atoms with E-state index in [1.807, 2.05) is 13.8 Å². The van der Waals surface area contributed by atoms with Gasteiger partial charge in [-0.15, -0.1) is 0 Å². The summed E-state index contributed by atoms with van der Waals surface area (Å²) in [5.41, 5.74) is 7.23. The molecule has 0 aliphatic carbocycles. The average Bonchev–Trinajstić information content (AvgIpc) is 2.44. The summed E-state index contributed by atoms with van der Waals surface area (Å²) in [4.78, 5) is 34.5. The first-order valence-electron chi connectivity index (χ1n) is 7.45. The van der Waals surface area contributed by atoms with E-state index in [0.29, 0.717) is 17.7 Å². The number of rotatable bonds is 8. The minimum absolute atomic E-state index is 0.0279. The lowest BCUT2D eigenvalue weighted by molar-refractivity contribution is -0.136. The summed E-state index contributed by atoms with van der Waals surface area (Å²) >= 11 is 0. The van der Waals surface area contributed by atoms with E-state index in [0.717, 1.165) is 5.56 Å². The molecule has 0 radical (unpaired) electrons. The van der Waals surface area contributed by atoms with Crippen LogP contribution in [0.3, 0.4) is 0 Å². The van der Waals surface area contributed by atoms with Gasteiger partial charge in [-0.1, -0.05) is 6.07 Å². The number of nitrogens with two attached hydrogens (primary N) is 1. The number of anilines is 1. The zero-order chi connectivity index (χ0) is 17.4. The number of aliphatic carboxylic acids is 1. The number of hydrogen-bond acceptors (Lipinski definition) is 4. The minimum atomic E-state index is -0.987. The molecule has 1 unspecified atom stereocenters. The quantitative estimate of drug-likeness (QED) is 0.574. The highest BCUT2D eigenvalue weighted by Gasteiger charge is 2.14. The van der Waals surface area contributed by atoms with Crippen LogP contribution in [0.1, 0.15) is 42.1 Å². The van der Waals surface area contributed by atoms with Crippen LogP contribution in [0.25, 0.3) is 0 Å². The van der Waals surface area contributed by atoms with E-state index in [1.165, 1.54) is 0 Å². The van der Waals surface area contributed by atoms with Gasteiger partial charge in [-0.2, -0.15) is 0 Å². The van der Waals surface area contributed by atoms with Crippen LogP contribution in [0, 0.1) is 6.92 Å². The van der Waals surface area contributed by atoms with E-state index in [9.17, 15) is 14.4 Å². The fourth-order valence-electron chi connectivity index (χ4n) is 1.91. The molecule has 0 aliphatic heterocycles. The van der Waals surface area contributed by atoms with Gasteiger partial charge in [0.25, 0.3) is 5.91 Å².